The molecule has 0 radical (unpaired) electrons. The standard InChI is InChI=1S/C24H17N5OS3/c1-2-8-16(9-3-1)29-21(14-32-24-26-18-11-5-7-13-20(18)33-24)27-28-23(29)31-15-22-25-17-10-4-6-12-19(17)30-22/h1-13H,14-15H2. The number of aromatic nitrogens is 5. The molecule has 0 N–H and O–H groups in total. The van der Waals surface area contributed by atoms with E-state index in [1.807, 2.05) is 60.7 Å². The average molecular weight is 488 g/mol. The van der Waals surface area contributed by atoms with Crippen molar-refractivity contribution in [2.24, 2.45) is 0 Å². The number of rotatable bonds is 7. The van der Waals surface area contributed by atoms with E-state index >= 15 is 0 Å². The summed E-state index contributed by atoms with van der Waals surface area (Å²) in [7, 11) is 0. The van der Waals surface area contributed by atoms with Crippen LogP contribution in [0.2, 0.25) is 0 Å². The van der Waals surface area contributed by atoms with E-state index in [1.165, 1.54) is 4.70 Å². The summed E-state index contributed by atoms with van der Waals surface area (Å²) in [6.07, 6.45) is 0. The van der Waals surface area contributed by atoms with E-state index in [9.17, 15) is 0 Å². The van der Waals surface area contributed by atoms with E-state index in [0.717, 1.165) is 37.6 Å². The maximum Gasteiger partial charge on any atom is 0.205 e. The monoisotopic (exact) mass is 487 g/mol. The fourth-order valence-electron chi connectivity index (χ4n) is 3.47. The topological polar surface area (TPSA) is 69.6 Å². The summed E-state index contributed by atoms with van der Waals surface area (Å²) in [5.74, 6) is 2.80. The number of hydrogen-bond donors (Lipinski definition) is 0. The molecule has 0 aliphatic carbocycles. The van der Waals surface area contributed by atoms with Crippen molar-refractivity contribution in [2.75, 3.05) is 0 Å². The lowest BCUT2D eigenvalue weighted by Gasteiger charge is -2.09. The van der Waals surface area contributed by atoms with Gasteiger partial charge in [-0.3, -0.25) is 4.57 Å². The minimum absolute atomic E-state index is 0.574. The molecule has 0 unspecified atom stereocenters. The Kier molecular flexibility index (Phi) is 5.59. The molecule has 162 valence electrons. The first-order valence-corrected chi connectivity index (χ1v) is 13.1. The second-order valence-corrected chi connectivity index (χ2v) is 10.4. The Balaban J connectivity index is 1.26. The largest absolute Gasteiger partial charge is 0.440 e. The van der Waals surface area contributed by atoms with Crippen molar-refractivity contribution in [1.29, 1.82) is 0 Å². The molecule has 0 spiro atoms. The van der Waals surface area contributed by atoms with Crippen LogP contribution in [0.25, 0.3) is 27.0 Å². The highest BCUT2D eigenvalue weighted by Gasteiger charge is 2.17. The molecule has 9 heteroatoms. The van der Waals surface area contributed by atoms with E-state index in [4.69, 9.17) is 9.40 Å². The Morgan fingerprint density at radius 1 is 0.758 bits per heavy atom. The molecule has 0 bridgehead atoms. The van der Waals surface area contributed by atoms with Crippen molar-refractivity contribution in [2.45, 2.75) is 21.0 Å². The first-order chi connectivity index (χ1) is 16.3. The number of nitrogens with zero attached hydrogens (tertiary/aromatic N) is 5. The number of benzene rings is 3. The summed E-state index contributed by atoms with van der Waals surface area (Å²) in [5, 5.41) is 9.82. The molecular weight excluding hydrogens is 470 g/mol. The molecule has 0 aliphatic heterocycles. The lowest BCUT2D eigenvalue weighted by molar-refractivity contribution is 0.556. The van der Waals surface area contributed by atoms with Crippen LogP contribution in [-0.4, -0.2) is 24.7 Å². The van der Waals surface area contributed by atoms with Gasteiger partial charge in [0.15, 0.2) is 15.1 Å². The highest BCUT2D eigenvalue weighted by Crippen LogP contribution is 2.33. The van der Waals surface area contributed by atoms with Gasteiger partial charge in [-0.25, -0.2) is 9.97 Å². The molecule has 0 fully saturated rings. The third-order valence-corrected chi connectivity index (χ3v) is 8.07. The highest BCUT2D eigenvalue weighted by atomic mass is 32.2. The van der Waals surface area contributed by atoms with Gasteiger partial charge in [0.2, 0.25) is 5.89 Å². The number of thiazole rings is 1. The quantitative estimate of drug-likeness (QED) is 0.235. The van der Waals surface area contributed by atoms with Gasteiger partial charge in [0.25, 0.3) is 0 Å². The van der Waals surface area contributed by atoms with Gasteiger partial charge >= 0.3 is 0 Å². The van der Waals surface area contributed by atoms with Gasteiger partial charge in [-0.1, -0.05) is 66.0 Å². The highest BCUT2D eigenvalue weighted by molar-refractivity contribution is 8.00. The van der Waals surface area contributed by atoms with Crippen LogP contribution >= 0.6 is 34.9 Å². The molecule has 3 aromatic carbocycles. The molecule has 0 saturated carbocycles. The lowest BCUT2D eigenvalue weighted by atomic mass is 10.3. The zero-order chi connectivity index (χ0) is 22.0. The fourth-order valence-corrected chi connectivity index (χ4v) is 6.27. The van der Waals surface area contributed by atoms with Gasteiger partial charge in [0.1, 0.15) is 11.3 Å². The molecule has 0 saturated heterocycles. The zero-order valence-electron chi connectivity index (χ0n) is 17.3. The van der Waals surface area contributed by atoms with Crippen LogP contribution in [0.1, 0.15) is 11.7 Å². The van der Waals surface area contributed by atoms with Crippen LogP contribution < -0.4 is 0 Å². The van der Waals surface area contributed by atoms with Gasteiger partial charge < -0.3 is 4.42 Å². The predicted molar refractivity (Wildman–Crippen MR) is 134 cm³/mol. The molecule has 6 rings (SSSR count). The summed E-state index contributed by atoms with van der Waals surface area (Å²) in [6, 6.07) is 26.2. The minimum Gasteiger partial charge on any atom is -0.440 e. The summed E-state index contributed by atoms with van der Waals surface area (Å²) in [6.45, 7) is 0. The van der Waals surface area contributed by atoms with Crippen molar-refractivity contribution in [3.63, 3.8) is 0 Å². The van der Waals surface area contributed by atoms with Crippen LogP contribution in [-0.2, 0) is 11.5 Å². The van der Waals surface area contributed by atoms with Crippen LogP contribution in [0.3, 0.4) is 0 Å². The summed E-state index contributed by atoms with van der Waals surface area (Å²) in [4.78, 5) is 9.31. The second kappa shape index (κ2) is 9.01. The third kappa shape index (κ3) is 4.27. The van der Waals surface area contributed by atoms with Crippen LogP contribution in [0.15, 0.2) is 92.8 Å². The summed E-state index contributed by atoms with van der Waals surface area (Å²) < 4.78 is 10.2. The maximum atomic E-state index is 5.88. The van der Waals surface area contributed by atoms with E-state index < -0.39 is 0 Å². The summed E-state index contributed by atoms with van der Waals surface area (Å²) in [5.41, 5.74) is 3.72. The molecule has 3 aromatic heterocycles. The molecule has 3 heterocycles. The van der Waals surface area contributed by atoms with E-state index in [2.05, 4.69) is 37.9 Å². The number of thioether (sulfide) groups is 2. The third-order valence-electron chi connectivity index (χ3n) is 4.98. The fraction of sp³-hybridized carbons (Fsp3) is 0.0833. The first-order valence-electron chi connectivity index (χ1n) is 10.3. The average Bonchev–Trinajstić information content (AvgIpc) is 3.57. The van der Waals surface area contributed by atoms with Gasteiger partial charge in [-0.05, 0) is 36.4 Å². The maximum absolute atomic E-state index is 5.88. The molecule has 6 aromatic rings. The molecule has 33 heavy (non-hydrogen) atoms. The van der Waals surface area contributed by atoms with Gasteiger partial charge in [-0.15, -0.1) is 21.5 Å². The number of para-hydroxylation sites is 4. The second-order valence-electron chi connectivity index (χ2n) is 7.17. The van der Waals surface area contributed by atoms with E-state index in [0.29, 0.717) is 17.4 Å². The number of oxazole rings is 1. The first kappa shape index (κ1) is 20.5. The number of hydrogen-bond acceptors (Lipinski definition) is 8. The minimum atomic E-state index is 0.574. The van der Waals surface area contributed by atoms with Gasteiger partial charge in [0, 0.05) is 5.69 Å². The summed E-state index contributed by atoms with van der Waals surface area (Å²) >= 11 is 4.95. The Hall–Kier alpha value is -3.14. The Bertz CT molecular complexity index is 1380. The van der Waals surface area contributed by atoms with E-state index in [-0.39, 0.29) is 0 Å². The van der Waals surface area contributed by atoms with Crippen molar-refractivity contribution < 1.29 is 4.42 Å². The number of fused-ring (bicyclic) bond motifs is 2. The Morgan fingerprint density at radius 2 is 1.55 bits per heavy atom. The Labute approximate surface area is 202 Å². The van der Waals surface area contributed by atoms with Crippen molar-refractivity contribution in [1.82, 2.24) is 24.7 Å². The van der Waals surface area contributed by atoms with Crippen LogP contribution in [0, 0.1) is 0 Å². The van der Waals surface area contributed by atoms with Gasteiger partial charge in [0.05, 0.1) is 21.7 Å². The zero-order valence-corrected chi connectivity index (χ0v) is 19.7. The predicted octanol–water partition coefficient (Wildman–Crippen LogP) is 6.60. The molecule has 6 nitrogen and oxygen atoms in total. The molecular formula is C24H17N5OS3. The van der Waals surface area contributed by atoms with Crippen LogP contribution in [0.4, 0.5) is 0 Å². The van der Waals surface area contributed by atoms with Gasteiger partial charge in [-0.2, -0.15) is 0 Å². The molecule has 0 amide bonds. The molecule has 0 aliphatic rings. The smallest absolute Gasteiger partial charge is 0.205 e. The van der Waals surface area contributed by atoms with Crippen molar-refractivity contribution in [3.05, 3.63) is 90.6 Å². The molecule has 0 atom stereocenters. The lowest BCUT2D eigenvalue weighted by Crippen LogP contribution is -2.01. The van der Waals surface area contributed by atoms with Crippen molar-refractivity contribution in [3.8, 4) is 5.69 Å². The van der Waals surface area contributed by atoms with E-state index in [1.54, 1.807) is 34.9 Å². The van der Waals surface area contributed by atoms with Crippen molar-refractivity contribution >= 4 is 56.2 Å². The Morgan fingerprint density at radius 3 is 2.39 bits per heavy atom. The van der Waals surface area contributed by atoms with Crippen LogP contribution in [0.5, 0.6) is 0 Å². The SMILES string of the molecule is c1ccc(-n2c(CSc3nc4ccccc4s3)nnc2SCc2nc3ccccc3o2)cc1. The normalized spacial score (nSPS) is 11.5.